The first-order valence-electron chi connectivity index (χ1n) is 6.44. The van der Waals surface area contributed by atoms with Crippen LogP contribution in [-0.2, 0) is 4.79 Å². The predicted molar refractivity (Wildman–Crippen MR) is 81.6 cm³/mol. The highest BCUT2D eigenvalue weighted by atomic mass is 16.6. The van der Waals surface area contributed by atoms with E-state index in [2.05, 4.69) is 5.32 Å². The number of ether oxygens (including phenoxy) is 1. The summed E-state index contributed by atoms with van der Waals surface area (Å²) in [6, 6.07) is 15.9. The van der Waals surface area contributed by atoms with E-state index < -0.39 is 6.09 Å². The van der Waals surface area contributed by atoms with Gasteiger partial charge in [-0.15, -0.1) is 0 Å². The predicted octanol–water partition coefficient (Wildman–Crippen LogP) is 3.28. The van der Waals surface area contributed by atoms with E-state index in [1.54, 1.807) is 31.3 Å². The van der Waals surface area contributed by atoms with Crippen LogP contribution in [0.15, 0.2) is 54.6 Å². The topological polar surface area (TPSA) is 58.6 Å². The second-order valence-corrected chi connectivity index (χ2v) is 4.47. The van der Waals surface area contributed by atoms with Crippen molar-refractivity contribution in [2.24, 2.45) is 0 Å². The molecule has 0 aromatic heterocycles. The highest BCUT2D eigenvalue weighted by Crippen LogP contribution is 2.19. The number of nitrogens with one attached hydrogen (secondary N) is 1. The minimum atomic E-state index is -0.499. The monoisotopic (exact) mass is 284 g/mol. The molecule has 0 radical (unpaired) electrons. The number of hydrogen-bond acceptors (Lipinski definition) is 3. The lowest BCUT2D eigenvalue weighted by Gasteiger charge is -2.17. The SMILES string of the molecule is CC(=O)Nc1cccc(OC(=O)N(C)c2ccccc2)c1. The van der Waals surface area contributed by atoms with Crippen LogP contribution >= 0.6 is 0 Å². The first kappa shape index (κ1) is 14.6. The summed E-state index contributed by atoms with van der Waals surface area (Å²) in [5.41, 5.74) is 1.32. The number of amides is 2. The lowest BCUT2D eigenvalue weighted by molar-refractivity contribution is -0.114. The van der Waals surface area contributed by atoms with Crippen molar-refractivity contribution >= 4 is 23.4 Å². The van der Waals surface area contributed by atoms with Crippen LogP contribution in [0.3, 0.4) is 0 Å². The van der Waals surface area contributed by atoms with E-state index in [0.29, 0.717) is 11.4 Å². The molecular formula is C16H16N2O3. The molecular weight excluding hydrogens is 268 g/mol. The van der Waals surface area contributed by atoms with Gasteiger partial charge in [-0.3, -0.25) is 9.69 Å². The maximum absolute atomic E-state index is 12.1. The van der Waals surface area contributed by atoms with Crippen LogP contribution in [0, 0.1) is 0 Å². The molecule has 0 spiro atoms. The second kappa shape index (κ2) is 6.56. The summed E-state index contributed by atoms with van der Waals surface area (Å²) in [6.45, 7) is 1.42. The summed E-state index contributed by atoms with van der Waals surface area (Å²) in [6.07, 6.45) is -0.499. The minimum absolute atomic E-state index is 0.181. The van der Waals surface area contributed by atoms with Crippen molar-refractivity contribution in [1.82, 2.24) is 0 Å². The summed E-state index contributed by atoms with van der Waals surface area (Å²) in [7, 11) is 1.63. The van der Waals surface area contributed by atoms with Gasteiger partial charge in [0.2, 0.25) is 5.91 Å². The second-order valence-electron chi connectivity index (χ2n) is 4.47. The van der Waals surface area contributed by atoms with Crippen molar-refractivity contribution < 1.29 is 14.3 Å². The Hall–Kier alpha value is -2.82. The maximum Gasteiger partial charge on any atom is 0.419 e. The van der Waals surface area contributed by atoms with Gasteiger partial charge in [-0.05, 0) is 24.3 Å². The number of hydrogen-bond donors (Lipinski definition) is 1. The summed E-state index contributed by atoms with van der Waals surface area (Å²) < 4.78 is 5.29. The van der Waals surface area contributed by atoms with Crippen molar-refractivity contribution in [3.05, 3.63) is 54.6 Å². The fraction of sp³-hybridized carbons (Fsp3) is 0.125. The van der Waals surface area contributed by atoms with Crippen LogP contribution in [0.1, 0.15) is 6.92 Å². The molecule has 2 aromatic rings. The Labute approximate surface area is 123 Å². The van der Waals surface area contributed by atoms with E-state index in [9.17, 15) is 9.59 Å². The molecule has 2 amide bonds. The molecule has 0 aliphatic rings. The number of carbonyl (C=O) groups excluding carboxylic acids is 2. The van der Waals surface area contributed by atoms with Crippen LogP contribution in [0.2, 0.25) is 0 Å². The molecule has 2 rings (SSSR count). The first-order chi connectivity index (χ1) is 10.1. The zero-order valence-electron chi connectivity index (χ0n) is 11.9. The van der Waals surface area contributed by atoms with E-state index in [1.807, 2.05) is 30.3 Å². The van der Waals surface area contributed by atoms with E-state index in [1.165, 1.54) is 11.8 Å². The Balaban J connectivity index is 2.07. The van der Waals surface area contributed by atoms with E-state index in [4.69, 9.17) is 4.74 Å². The lowest BCUT2D eigenvalue weighted by atomic mass is 10.3. The smallest absolute Gasteiger partial charge is 0.410 e. The van der Waals surface area contributed by atoms with Crippen LogP contribution in [0.25, 0.3) is 0 Å². The molecule has 0 atom stereocenters. The molecule has 0 heterocycles. The van der Waals surface area contributed by atoms with Gasteiger partial charge in [0.1, 0.15) is 5.75 Å². The number of benzene rings is 2. The van der Waals surface area contributed by atoms with Crippen molar-refractivity contribution in [3.8, 4) is 5.75 Å². The van der Waals surface area contributed by atoms with Gasteiger partial charge >= 0.3 is 6.09 Å². The molecule has 108 valence electrons. The van der Waals surface area contributed by atoms with Gasteiger partial charge in [-0.2, -0.15) is 0 Å². The van der Waals surface area contributed by atoms with E-state index in [-0.39, 0.29) is 5.91 Å². The van der Waals surface area contributed by atoms with Crippen molar-refractivity contribution in [2.75, 3.05) is 17.3 Å². The molecule has 0 aliphatic carbocycles. The third-order valence-electron chi connectivity index (χ3n) is 2.78. The van der Waals surface area contributed by atoms with Gasteiger partial charge in [-0.25, -0.2) is 4.79 Å². The summed E-state index contributed by atoms with van der Waals surface area (Å²) in [5, 5.41) is 2.64. The van der Waals surface area contributed by atoms with Crippen molar-refractivity contribution in [3.63, 3.8) is 0 Å². The Bertz CT molecular complexity index is 641. The molecule has 0 fully saturated rings. The number of carbonyl (C=O) groups is 2. The minimum Gasteiger partial charge on any atom is -0.410 e. The molecule has 0 bridgehead atoms. The standard InChI is InChI=1S/C16H16N2O3/c1-12(19)17-13-7-6-10-15(11-13)21-16(20)18(2)14-8-4-3-5-9-14/h3-11H,1-2H3,(H,17,19). The lowest BCUT2D eigenvalue weighted by Crippen LogP contribution is -2.29. The Morgan fingerprint density at radius 3 is 2.43 bits per heavy atom. The fourth-order valence-corrected chi connectivity index (χ4v) is 1.77. The molecule has 0 aliphatic heterocycles. The number of anilines is 2. The molecule has 5 heteroatoms. The quantitative estimate of drug-likeness (QED) is 0.941. The highest BCUT2D eigenvalue weighted by Gasteiger charge is 2.13. The average molecular weight is 284 g/mol. The van der Waals surface area contributed by atoms with Gasteiger partial charge in [-0.1, -0.05) is 24.3 Å². The van der Waals surface area contributed by atoms with Gasteiger partial charge in [0, 0.05) is 31.4 Å². The van der Waals surface area contributed by atoms with Gasteiger partial charge in [0.15, 0.2) is 0 Å². The van der Waals surface area contributed by atoms with Crippen molar-refractivity contribution in [2.45, 2.75) is 6.92 Å². The van der Waals surface area contributed by atoms with E-state index >= 15 is 0 Å². The Morgan fingerprint density at radius 2 is 1.76 bits per heavy atom. The zero-order chi connectivity index (χ0) is 15.2. The third-order valence-corrected chi connectivity index (χ3v) is 2.78. The maximum atomic E-state index is 12.1. The number of para-hydroxylation sites is 1. The third kappa shape index (κ3) is 4.07. The van der Waals surface area contributed by atoms with Crippen LogP contribution in [0.5, 0.6) is 5.75 Å². The van der Waals surface area contributed by atoms with Crippen LogP contribution in [0.4, 0.5) is 16.2 Å². The van der Waals surface area contributed by atoms with Crippen LogP contribution in [-0.4, -0.2) is 19.0 Å². The Morgan fingerprint density at radius 1 is 1.05 bits per heavy atom. The van der Waals surface area contributed by atoms with Crippen molar-refractivity contribution in [1.29, 1.82) is 0 Å². The van der Waals surface area contributed by atoms with Gasteiger partial charge in [0.25, 0.3) is 0 Å². The largest absolute Gasteiger partial charge is 0.419 e. The van der Waals surface area contributed by atoms with E-state index in [0.717, 1.165) is 5.69 Å². The van der Waals surface area contributed by atoms with Crippen LogP contribution < -0.4 is 15.0 Å². The van der Waals surface area contributed by atoms with Gasteiger partial charge < -0.3 is 10.1 Å². The normalized spacial score (nSPS) is 9.81. The van der Waals surface area contributed by atoms with Gasteiger partial charge in [0.05, 0.1) is 0 Å². The molecule has 21 heavy (non-hydrogen) atoms. The zero-order valence-corrected chi connectivity index (χ0v) is 11.9. The molecule has 5 nitrogen and oxygen atoms in total. The molecule has 2 aromatic carbocycles. The molecule has 0 saturated carbocycles. The average Bonchev–Trinajstić information content (AvgIpc) is 2.47. The highest BCUT2D eigenvalue weighted by molar-refractivity contribution is 5.90. The Kier molecular flexibility index (Phi) is 4.56. The number of nitrogens with zero attached hydrogens (tertiary/aromatic N) is 1. The number of rotatable bonds is 3. The summed E-state index contributed by atoms with van der Waals surface area (Å²) >= 11 is 0. The molecule has 1 N–H and O–H groups in total. The summed E-state index contributed by atoms with van der Waals surface area (Å²) in [4.78, 5) is 24.5. The summed E-state index contributed by atoms with van der Waals surface area (Å²) in [5.74, 6) is 0.189. The molecule has 0 unspecified atom stereocenters. The fourth-order valence-electron chi connectivity index (χ4n) is 1.77. The first-order valence-corrected chi connectivity index (χ1v) is 6.44. The molecule has 0 saturated heterocycles.